The van der Waals surface area contributed by atoms with E-state index in [-0.39, 0.29) is 0 Å². The zero-order chi connectivity index (χ0) is 30.6. The van der Waals surface area contributed by atoms with Gasteiger partial charge >= 0.3 is 0 Å². The Morgan fingerprint density at radius 2 is 0.837 bits per heavy atom. The number of rotatable bonds is 16. The highest BCUT2D eigenvalue weighted by Gasteiger charge is 2.08. The van der Waals surface area contributed by atoms with E-state index >= 15 is 0 Å². The first-order valence-electron chi connectivity index (χ1n) is 15.4. The van der Waals surface area contributed by atoms with Crippen molar-refractivity contribution < 1.29 is 9.47 Å². The number of nitrogens with one attached hydrogen (secondary N) is 4. The fourth-order valence-electron chi connectivity index (χ4n) is 5.19. The molecule has 0 radical (unpaired) electrons. The van der Waals surface area contributed by atoms with Gasteiger partial charge in [0, 0.05) is 44.0 Å². The van der Waals surface area contributed by atoms with Gasteiger partial charge < -0.3 is 30.7 Å². The van der Waals surface area contributed by atoms with Crippen LogP contribution in [0.15, 0.2) is 72.8 Å². The fourth-order valence-corrected chi connectivity index (χ4v) is 5.19. The molecule has 0 spiro atoms. The number of hydrogen-bond acceptors (Lipinski definition) is 6. The van der Waals surface area contributed by atoms with E-state index in [0.29, 0.717) is 13.2 Å². The molecule has 0 aliphatic rings. The molecule has 6 heteroatoms. The van der Waals surface area contributed by atoms with E-state index in [9.17, 15) is 0 Å². The van der Waals surface area contributed by atoms with Gasteiger partial charge in [-0.05, 0) is 99.2 Å². The quantitative estimate of drug-likeness (QED) is 0.0998. The van der Waals surface area contributed by atoms with Gasteiger partial charge in [0.05, 0.1) is 24.6 Å². The van der Waals surface area contributed by atoms with Crippen LogP contribution in [0.25, 0.3) is 0 Å². The molecule has 4 aromatic carbocycles. The highest BCUT2D eigenvalue weighted by atomic mass is 16.5. The summed E-state index contributed by atoms with van der Waals surface area (Å²) < 4.78 is 12.4. The molecule has 0 bridgehead atoms. The molecule has 4 aromatic rings. The molecule has 0 saturated heterocycles. The molecule has 0 amide bonds. The standard InChI is InChI=1S/C37H48N4O2/c1-26-14-16-34(32(24-26)38-18-20-40-36-28(3)10-7-11-29(36)4)42-22-9-23-43-35-17-15-27(2)25-33(35)39-19-21-41-37-30(5)12-8-13-31(37)6/h7-8,10-17,24-25,38-41H,9,18-23H2,1-6H3. The molecule has 43 heavy (non-hydrogen) atoms. The first-order chi connectivity index (χ1) is 20.8. The van der Waals surface area contributed by atoms with E-state index in [1.807, 2.05) is 12.1 Å². The monoisotopic (exact) mass is 580 g/mol. The van der Waals surface area contributed by atoms with Crippen molar-refractivity contribution in [1.82, 2.24) is 0 Å². The maximum atomic E-state index is 6.19. The maximum Gasteiger partial charge on any atom is 0.142 e. The Labute approximate surface area is 258 Å². The molecule has 0 fully saturated rings. The number of para-hydroxylation sites is 2. The van der Waals surface area contributed by atoms with Gasteiger partial charge in [0.15, 0.2) is 0 Å². The second-order valence-electron chi connectivity index (χ2n) is 11.3. The van der Waals surface area contributed by atoms with Crippen LogP contribution in [0.4, 0.5) is 22.7 Å². The molecule has 228 valence electrons. The third-order valence-corrected chi connectivity index (χ3v) is 7.52. The number of anilines is 4. The molecule has 0 aromatic heterocycles. The van der Waals surface area contributed by atoms with E-state index in [0.717, 1.165) is 55.5 Å². The van der Waals surface area contributed by atoms with Crippen LogP contribution in [0, 0.1) is 41.5 Å². The SMILES string of the molecule is Cc1ccc(OCCCOc2ccc(C)cc2NCCNc2c(C)cccc2C)c(NCCNc2c(C)cccc2C)c1. The molecule has 0 heterocycles. The lowest BCUT2D eigenvalue weighted by atomic mass is 10.1. The van der Waals surface area contributed by atoms with Crippen molar-refractivity contribution in [3.8, 4) is 11.5 Å². The lowest BCUT2D eigenvalue weighted by Crippen LogP contribution is -2.16. The summed E-state index contributed by atoms with van der Waals surface area (Å²) in [6.07, 6.45) is 0.781. The Morgan fingerprint density at radius 3 is 1.23 bits per heavy atom. The summed E-state index contributed by atoms with van der Waals surface area (Å²) in [7, 11) is 0. The minimum absolute atomic E-state index is 0.576. The molecule has 0 aliphatic heterocycles. The van der Waals surface area contributed by atoms with Gasteiger partial charge in [0.25, 0.3) is 0 Å². The lowest BCUT2D eigenvalue weighted by molar-refractivity contribution is 0.248. The third kappa shape index (κ3) is 9.34. The van der Waals surface area contributed by atoms with Gasteiger partial charge in [-0.3, -0.25) is 0 Å². The molecule has 6 nitrogen and oxygen atoms in total. The summed E-state index contributed by atoms with van der Waals surface area (Å²) in [5.41, 5.74) is 11.9. The molecular formula is C37H48N4O2. The molecule has 4 N–H and O–H groups in total. The molecule has 0 aliphatic carbocycles. The minimum Gasteiger partial charge on any atom is -0.491 e. The van der Waals surface area contributed by atoms with E-state index in [4.69, 9.17) is 9.47 Å². The van der Waals surface area contributed by atoms with Crippen molar-refractivity contribution >= 4 is 22.7 Å². The van der Waals surface area contributed by atoms with Crippen LogP contribution in [0.5, 0.6) is 11.5 Å². The minimum atomic E-state index is 0.576. The molecule has 0 atom stereocenters. The van der Waals surface area contributed by atoms with Crippen molar-refractivity contribution in [2.24, 2.45) is 0 Å². The largest absolute Gasteiger partial charge is 0.491 e. The second-order valence-corrected chi connectivity index (χ2v) is 11.3. The first kappa shape index (κ1) is 31.6. The van der Waals surface area contributed by atoms with Crippen LogP contribution < -0.4 is 30.7 Å². The Balaban J connectivity index is 1.22. The summed E-state index contributed by atoms with van der Waals surface area (Å²) in [5.74, 6) is 1.73. The number of aryl methyl sites for hydroxylation is 6. The predicted molar refractivity (Wildman–Crippen MR) is 184 cm³/mol. The summed E-state index contributed by atoms with van der Waals surface area (Å²) in [6.45, 7) is 17.1. The smallest absolute Gasteiger partial charge is 0.142 e. The third-order valence-electron chi connectivity index (χ3n) is 7.52. The average molecular weight is 581 g/mol. The van der Waals surface area contributed by atoms with E-state index in [1.165, 1.54) is 44.8 Å². The van der Waals surface area contributed by atoms with Gasteiger partial charge in [0.2, 0.25) is 0 Å². The number of benzene rings is 4. The van der Waals surface area contributed by atoms with Gasteiger partial charge in [-0.1, -0.05) is 48.5 Å². The number of ether oxygens (including phenoxy) is 2. The van der Waals surface area contributed by atoms with Crippen molar-refractivity contribution in [3.63, 3.8) is 0 Å². The summed E-state index contributed by atoms with van der Waals surface area (Å²) >= 11 is 0. The Bertz CT molecular complexity index is 1330. The van der Waals surface area contributed by atoms with Crippen LogP contribution >= 0.6 is 0 Å². The Morgan fingerprint density at radius 1 is 0.465 bits per heavy atom. The zero-order valence-electron chi connectivity index (χ0n) is 26.7. The van der Waals surface area contributed by atoms with E-state index in [1.54, 1.807) is 0 Å². The Kier molecular flexibility index (Phi) is 11.6. The molecule has 4 rings (SSSR count). The van der Waals surface area contributed by atoms with Gasteiger partial charge in [0.1, 0.15) is 11.5 Å². The first-order valence-corrected chi connectivity index (χ1v) is 15.4. The van der Waals surface area contributed by atoms with Crippen molar-refractivity contribution in [2.45, 2.75) is 48.0 Å². The van der Waals surface area contributed by atoms with Crippen LogP contribution in [0.3, 0.4) is 0 Å². The normalized spacial score (nSPS) is 10.7. The van der Waals surface area contributed by atoms with Crippen molar-refractivity contribution in [3.05, 3.63) is 106 Å². The van der Waals surface area contributed by atoms with E-state index < -0.39 is 0 Å². The average Bonchev–Trinajstić information content (AvgIpc) is 2.97. The molecule has 0 saturated carbocycles. The van der Waals surface area contributed by atoms with Crippen LogP contribution in [0.2, 0.25) is 0 Å². The highest BCUT2D eigenvalue weighted by Crippen LogP contribution is 2.28. The highest BCUT2D eigenvalue weighted by molar-refractivity contribution is 5.60. The fraction of sp³-hybridized carbons (Fsp3) is 0.351. The topological polar surface area (TPSA) is 66.6 Å². The summed E-state index contributed by atoms with van der Waals surface area (Å²) in [6, 6.07) is 25.3. The molecule has 0 unspecified atom stereocenters. The second kappa shape index (κ2) is 15.8. The van der Waals surface area contributed by atoms with Gasteiger partial charge in [-0.2, -0.15) is 0 Å². The number of hydrogen-bond donors (Lipinski definition) is 4. The van der Waals surface area contributed by atoms with Gasteiger partial charge in [-0.25, -0.2) is 0 Å². The molecular weight excluding hydrogens is 532 g/mol. The lowest BCUT2D eigenvalue weighted by Gasteiger charge is -2.17. The summed E-state index contributed by atoms with van der Waals surface area (Å²) in [5, 5.41) is 14.2. The zero-order valence-corrected chi connectivity index (χ0v) is 26.7. The van der Waals surface area contributed by atoms with Crippen LogP contribution in [-0.4, -0.2) is 39.4 Å². The predicted octanol–water partition coefficient (Wildman–Crippen LogP) is 8.43. The van der Waals surface area contributed by atoms with Gasteiger partial charge in [-0.15, -0.1) is 0 Å². The maximum absolute atomic E-state index is 6.19. The van der Waals surface area contributed by atoms with Crippen molar-refractivity contribution in [2.75, 3.05) is 60.7 Å². The van der Waals surface area contributed by atoms with Crippen molar-refractivity contribution in [1.29, 1.82) is 0 Å². The summed E-state index contributed by atoms with van der Waals surface area (Å²) in [4.78, 5) is 0. The Hall–Kier alpha value is -4.32. The van der Waals surface area contributed by atoms with Crippen LogP contribution in [0.1, 0.15) is 39.8 Å². The van der Waals surface area contributed by atoms with E-state index in [2.05, 4.69) is 123 Å². The van der Waals surface area contributed by atoms with Crippen LogP contribution in [-0.2, 0) is 0 Å².